The molecule has 0 aromatic rings. The van der Waals surface area contributed by atoms with Gasteiger partial charge in [0.15, 0.2) is 0 Å². The second-order valence-corrected chi connectivity index (χ2v) is 8.11. The second kappa shape index (κ2) is 6.69. The predicted octanol–water partition coefficient (Wildman–Crippen LogP) is 1.36. The third-order valence-corrected chi connectivity index (χ3v) is 6.21. The first-order chi connectivity index (χ1) is 11.0. The number of piperazine rings is 1. The van der Waals surface area contributed by atoms with E-state index in [-0.39, 0.29) is 17.4 Å². The molecule has 1 atom stereocenters. The summed E-state index contributed by atoms with van der Waals surface area (Å²) in [5, 5.41) is 9.53. The number of aliphatic hydroxyl groups excluding tert-OH is 1. The van der Waals surface area contributed by atoms with Gasteiger partial charge in [-0.05, 0) is 37.0 Å². The van der Waals surface area contributed by atoms with Crippen molar-refractivity contribution in [3.05, 3.63) is 0 Å². The number of hydrogen-bond donors (Lipinski definition) is 1. The molecular formula is C18H32N2O3. The Morgan fingerprint density at radius 2 is 1.83 bits per heavy atom. The van der Waals surface area contributed by atoms with Gasteiger partial charge in [0.1, 0.15) is 0 Å². The van der Waals surface area contributed by atoms with E-state index in [1.807, 2.05) is 0 Å². The normalized spacial score (nSPS) is 30.9. The fourth-order valence-electron chi connectivity index (χ4n) is 4.86. The standard InChI is InChI=1S/C18H32N2O3/c1-15(2)13-19-6-8-20(9-7-19)16(22)18(3-10-21)14-17(18)4-11-23-12-5-17/h15,21H,3-14H2,1-2H3. The highest BCUT2D eigenvalue weighted by Crippen LogP contribution is 2.71. The zero-order valence-corrected chi connectivity index (χ0v) is 14.7. The van der Waals surface area contributed by atoms with Crippen LogP contribution in [0.25, 0.3) is 0 Å². The van der Waals surface area contributed by atoms with Crippen LogP contribution in [-0.2, 0) is 9.53 Å². The predicted molar refractivity (Wildman–Crippen MR) is 89.1 cm³/mol. The Bertz CT molecular complexity index is 426. The van der Waals surface area contributed by atoms with Crippen LogP contribution in [0, 0.1) is 16.7 Å². The number of hydrogen-bond acceptors (Lipinski definition) is 4. The lowest BCUT2D eigenvalue weighted by molar-refractivity contribution is -0.142. The monoisotopic (exact) mass is 324 g/mol. The topological polar surface area (TPSA) is 53.0 Å². The van der Waals surface area contributed by atoms with E-state index in [0.717, 1.165) is 65.2 Å². The fourth-order valence-corrected chi connectivity index (χ4v) is 4.86. The Kier molecular flexibility index (Phi) is 5.00. The van der Waals surface area contributed by atoms with E-state index in [4.69, 9.17) is 4.74 Å². The summed E-state index contributed by atoms with van der Waals surface area (Å²) in [7, 11) is 0. The van der Waals surface area contributed by atoms with Gasteiger partial charge < -0.3 is 14.7 Å². The number of carbonyl (C=O) groups is 1. The molecule has 3 fully saturated rings. The third-order valence-electron chi connectivity index (χ3n) is 6.21. The molecular weight excluding hydrogens is 292 g/mol. The van der Waals surface area contributed by atoms with Crippen molar-refractivity contribution in [2.24, 2.45) is 16.7 Å². The van der Waals surface area contributed by atoms with Crippen molar-refractivity contribution < 1.29 is 14.6 Å². The summed E-state index contributed by atoms with van der Waals surface area (Å²) in [5.41, 5.74) is -0.189. The first-order valence-electron chi connectivity index (χ1n) is 9.23. The van der Waals surface area contributed by atoms with Crippen LogP contribution in [0.15, 0.2) is 0 Å². The number of aliphatic hydroxyl groups is 1. The molecule has 1 spiro atoms. The summed E-state index contributed by atoms with van der Waals surface area (Å²) in [6.45, 7) is 10.9. The number of rotatable bonds is 5. The van der Waals surface area contributed by atoms with Gasteiger partial charge in [0.05, 0.1) is 5.41 Å². The quantitative estimate of drug-likeness (QED) is 0.829. The molecule has 1 N–H and O–H groups in total. The molecule has 2 aliphatic heterocycles. The average molecular weight is 324 g/mol. The van der Waals surface area contributed by atoms with Crippen LogP contribution < -0.4 is 0 Å². The average Bonchev–Trinajstić information content (AvgIpc) is 3.14. The summed E-state index contributed by atoms with van der Waals surface area (Å²) >= 11 is 0. The molecule has 23 heavy (non-hydrogen) atoms. The number of amides is 1. The molecule has 3 rings (SSSR count). The minimum Gasteiger partial charge on any atom is -0.396 e. The van der Waals surface area contributed by atoms with Gasteiger partial charge in [0.2, 0.25) is 5.91 Å². The first kappa shape index (κ1) is 17.2. The van der Waals surface area contributed by atoms with E-state index in [1.165, 1.54) is 0 Å². The van der Waals surface area contributed by atoms with Crippen molar-refractivity contribution in [1.82, 2.24) is 9.80 Å². The van der Waals surface area contributed by atoms with Crippen molar-refractivity contribution in [3.8, 4) is 0 Å². The van der Waals surface area contributed by atoms with Crippen molar-refractivity contribution in [1.29, 1.82) is 0 Å². The minimum absolute atomic E-state index is 0.111. The van der Waals surface area contributed by atoms with Gasteiger partial charge in [0, 0.05) is 52.5 Å². The Balaban J connectivity index is 1.62. The van der Waals surface area contributed by atoms with Gasteiger partial charge in [-0.1, -0.05) is 13.8 Å². The van der Waals surface area contributed by atoms with Gasteiger partial charge in [-0.25, -0.2) is 0 Å². The van der Waals surface area contributed by atoms with Gasteiger partial charge in [-0.3, -0.25) is 9.69 Å². The maximum Gasteiger partial charge on any atom is 0.229 e. The molecule has 1 saturated carbocycles. The molecule has 5 heteroatoms. The molecule has 1 unspecified atom stereocenters. The first-order valence-corrected chi connectivity index (χ1v) is 9.23. The molecule has 1 aliphatic carbocycles. The summed E-state index contributed by atoms with van der Waals surface area (Å²) in [4.78, 5) is 17.8. The van der Waals surface area contributed by atoms with E-state index in [2.05, 4.69) is 23.6 Å². The molecule has 132 valence electrons. The van der Waals surface area contributed by atoms with Crippen molar-refractivity contribution >= 4 is 5.91 Å². The molecule has 0 bridgehead atoms. The minimum atomic E-state index is -0.300. The van der Waals surface area contributed by atoms with Crippen molar-refractivity contribution in [3.63, 3.8) is 0 Å². The molecule has 3 aliphatic rings. The van der Waals surface area contributed by atoms with Crippen LogP contribution in [0.2, 0.25) is 0 Å². The maximum atomic E-state index is 13.2. The molecule has 2 heterocycles. The van der Waals surface area contributed by atoms with Crippen LogP contribution in [0.3, 0.4) is 0 Å². The number of carbonyl (C=O) groups excluding carboxylic acids is 1. The van der Waals surface area contributed by atoms with Crippen LogP contribution >= 0.6 is 0 Å². The number of ether oxygens (including phenoxy) is 1. The van der Waals surface area contributed by atoms with Crippen LogP contribution in [0.4, 0.5) is 0 Å². The lowest BCUT2D eigenvalue weighted by Gasteiger charge is -2.39. The van der Waals surface area contributed by atoms with Crippen LogP contribution in [0.5, 0.6) is 0 Å². The summed E-state index contributed by atoms with van der Waals surface area (Å²) < 4.78 is 5.50. The summed E-state index contributed by atoms with van der Waals surface area (Å²) in [6.07, 6.45) is 3.53. The highest BCUT2D eigenvalue weighted by Gasteiger charge is 2.71. The van der Waals surface area contributed by atoms with E-state index >= 15 is 0 Å². The smallest absolute Gasteiger partial charge is 0.229 e. The van der Waals surface area contributed by atoms with Crippen LogP contribution in [0.1, 0.15) is 39.5 Å². The van der Waals surface area contributed by atoms with Gasteiger partial charge in [-0.15, -0.1) is 0 Å². The SMILES string of the molecule is CC(C)CN1CCN(C(=O)C2(CCO)CC23CCOCC3)CC1. The molecule has 5 nitrogen and oxygen atoms in total. The fraction of sp³-hybridized carbons (Fsp3) is 0.944. The number of nitrogens with zero attached hydrogens (tertiary/aromatic N) is 2. The van der Waals surface area contributed by atoms with Crippen molar-refractivity contribution in [2.75, 3.05) is 52.5 Å². The Morgan fingerprint density at radius 3 is 2.39 bits per heavy atom. The summed E-state index contributed by atoms with van der Waals surface area (Å²) in [5.74, 6) is 0.976. The zero-order valence-electron chi connectivity index (χ0n) is 14.7. The Morgan fingerprint density at radius 1 is 1.17 bits per heavy atom. The molecule has 0 aromatic carbocycles. The van der Waals surface area contributed by atoms with E-state index in [0.29, 0.717) is 18.2 Å². The van der Waals surface area contributed by atoms with Gasteiger partial charge in [-0.2, -0.15) is 0 Å². The Labute approximate surface area is 140 Å². The van der Waals surface area contributed by atoms with E-state index < -0.39 is 0 Å². The van der Waals surface area contributed by atoms with Gasteiger partial charge in [0.25, 0.3) is 0 Å². The van der Waals surface area contributed by atoms with Crippen molar-refractivity contribution in [2.45, 2.75) is 39.5 Å². The summed E-state index contributed by atoms with van der Waals surface area (Å²) in [6, 6.07) is 0. The Hall–Kier alpha value is -0.650. The largest absolute Gasteiger partial charge is 0.396 e. The van der Waals surface area contributed by atoms with E-state index in [9.17, 15) is 9.90 Å². The lowest BCUT2D eigenvalue weighted by Crippen LogP contribution is -2.52. The second-order valence-electron chi connectivity index (χ2n) is 8.11. The molecule has 0 radical (unpaired) electrons. The highest BCUT2D eigenvalue weighted by atomic mass is 16.5. The van der Waals surface area contributed by atoms with Gasteiger partial charge >= 0.3 is 0 Å². The molecule has 1 amide bonds. The maximum absolute atomic E-state index is 13.2. The highest BCUT2D eigenvalue weighted by molar-refractivity contribution is 5.87. The molecule has 0 aromatic heterocycles. The molecule has 2 saturated heterocycles. The third kappa shape index (κ3) is 3.15. The van der Waals surface area contributed by atoms with E-state index in [1.54, 1.807) is 0 Å². The lowest BCUT2D eigenvalue weighted by atomic mass is 9.83. The van der Waals surface area contributed by atoms with Crippen LogP contribution in [-0.4, -0.2) is 73.4 Å². The zero-order chi connectivity index (χ0) is 16.5.